The number of hydrogen-bond donors (Lipinski definition) is 3. The minimum atomic E-state index is -3.60. The Balaban J connectivity index is 1.84. The molecule has 1 aromatic carbocycles. The number of nitrogens with one attached hydrogen (secondary N) is 2. The van der Waals surface area contributed by atoms with Gasteiger partial charge in [0.25, 0.3) is 10.0 Å². The predicted molar refractivity (Wildman–Crippen MR) is 83.6 cm³/mol. The summed E-state index contributed by atoms with van der Waals surface area (Å²) >= 11 is 1.23. The average molecular weight is 320 g/mol. The van der Waals surface area contributed by atoms with Crippen LogP contribution in [0.5, 0.6) is 0 Å². The molecule has 0 spiro atoms. The standard InChI is InChI=1S/C13H12N4O2S2/c14-10-3-1-9(2-4-10)12-8-20-13(16-12)17-21(18,19)11-5-6-15-7-11/h1-8,15H,14H2,(H,16,17). The Hall–Kier alpha value is -2.32. The lowest BCUT2D eigenvalue weighted by atomic mass is 10.2. The highest BCUT2D eigenvalue weighted by Crippen LogP contribution is 2.27. The molecule has 3 aromatic rings. The van der Waals surface area contributed by atoms with Gasteiger partial charge in [-0.05, 0) is 18.2 Å². The molecule has 2 heterocycles. The van der Waals surface area contributed by atoms with Crippen molar-refractivity contribution in [2.24, 2.45) is 0 Å². The number of thiazole rings is 1. The SMILES string of the molecule is Nc1ccc(-c2csc(NS(=O)(=O)c3cc[nH]c3)n2)cc1. The van der Waals surface area contributed by atoms with Crippen molar-refractivity contribution >= 4 is 32.2 Å². The Morgan fingerprint density at radius 3 is 2.62 bits per heavy atom. The van der Waals surface area contributed by atoms with Gasteiger partial charge in [-0.25, -0.2) is 13.4 Å². The van der Waals surface area contributed by atoms with E-state index < -0.39 is 10.0 Å². The minimum absolute atomic E-state index is 0.173. The molecule has 0 saturated carbocycles. The molecule has 0 atom stereocenters. The van der Waals surface area contributed by atoms with E-state index in [4.69, 9.17) is 5.73 Å². The third kappa shape index (κ3) is 2.91. The zero-order chi connectivity index (χ0) is 14.9. The van der Waals surface area contributed by atoms with Crippen molar-refractivity contribution in [2.75, 3.05) is 10.5 Å². The maximum atomic E-state index is 12.1. The number of nitrogens with two attached hydrogens (primary N) is 1. The second-order valence-corrected chi connectivity index (χ2v) is 6.85. The van der Waals surface area contributed by atoms with Crippen molar-refractivity contribution in [2.45, 2.75) is 4.90 Å². The van der Waals surface area contributed by atoms with E-state index in [1.807, 2.05) is 12.1 Å². The molecule has 0 fully saturated rings. The van der Waals surface area contributed by atoms with Crippen LogP contribution < -0.4 is 10.5 Å². The fraction of sp³-hybridized carbons (Fsp3) is 0. The first kappa shape index (κ1) is 13.7. The Morgan fingerprint density at radius 1 is 1.19 bits per heavy atom. The van der Waals surface area contributed by atoms with Gasteiger partial charge < -0.3 is 10.7 Å². The molecule has 21 heavy (non-hydrogen) atoms. The number of benzene rings is 1. The maximum Gasteiger partial charge on any atom is 0.265 e. The third-order valence-corrected chi connectivity index (χ3v) is 5.04. The lowest BCUT2D eigenvalue weighted by Gasteiger charge is -2.02. The van der Waals surface area contributed by atoms with Crippen LogP contribution in [-0.2, 0) is 10.0 Å². The molecule has 0 amide bonds. The molecule has 0 radical (unpaired) electrons. The lowest BCUT2D eigenvalue weighted by molar-refractivity contribution is 0.601. The Labute approximate surface area is 125 Å². The fourth-order valence-corrected chi connectivity index (χ4v) is 3.71. The molecule has 0 aliphatic rings. The molecule has 6 nitrogen and oxygen atoms in total. The van der Waals surface area contributed by atoms with E-state index in [0.29, 0.717) is 16.5 Å². The van der Waals surface area contributed by atoms with E-state index in [2.05, 4.69) is 14.7 Å². The van der Waals surface area contributed by atoms with Gasteiger partial charge in [0, 0.05) is 29.0 Å². The van der Waals surface area contributed by atoms with E-state index in [1.165, 1.54) is 23.6 Å². The van der Waals surface area contributed by atoms with E-state index in [9.17, 15) is 8.42 Å². The van der Waals surface area contributed by atoms with Crippen LogP contribution in [0, 0.1) is 0 Å². The number of anilines is 2. The van der Waals surface area contributed by atoms with Crippen LogP contribution in [0.4, 0.5) is 10.8 Å². The van der Waals surface area contributed by atoms with Crippen LogP contribution in [-0.4, -0.2) is 18.4 Å². The monoisotopic (exact) mass is 320 g/mol. The second-order valence-electron chi connectivity index (χ2n) is 4.31. The summed E-state index contributed by atoms with van der Waals surface area (Å²) in [6.45, 7) is 0. The van der Waals surface area contributed by atoms with Gasteiger partial charge in [0.1, 0.15) is 4.90 Å². The molecule has 0 aliphatic carbocycles. The highest BCUT2D eigenvalue weighted by Gasteiger charge is 2.16. The van der Waals surface area contributed by atoms with Crippen molar-refractivity contribution in [3.05, 3.63) is 48.1 Å². The summed E-state index contributed by atoms with van der Waals surface area (Å²) in [7, 11) is -3.60. The molecule has 4 N–H and O–H groups in total. The van der Waals surface area contributed by atoms with Gasteiger partial charge >= 0.3 is 0 Å². The molecule has 108 valence electrons. The molecule has 0 bridgehead atoms. The second kappa shape index (κ2) is 5.23. The number of rotatable bonds is 4. The van der Waals surface area contributed by atoms with Crippen LogP contribution in [0.25, 0.3) is 11.3 Å². The number of hydrogen-bond acceptors (Lipinski definition) is 5. The van der Waals surface area contributed by atoms with Crippen LogP contribution in [0.2, 0.25) is 0 Å². The lowest BCUT2D eigenvalue weighted by Crippen LogP contribution is -2.11. The van der Waals surface area contributed by atoms with Crippen molar-refractivity contribution in [3.8, 4) is 11.3 Å². The first-order valence-corrected chi connectivity index (χ1v) is 8.38. The van der Waals surface area contributed by atoms with Gasteiger partial charge in [0.2, 0.25) is 0 Å². The number of aromatic nitrogens is 2. The van der Waals surface area contributed by atoms with Crippen LogP contribution in [0.15, 0.2) is 53.0 Å². The largest absolute Gasteiger partial charge is 0.399 e. The fourth-order valence-electron chi connectivity index (χ4n) is 1.76. The maximum absolute atomic E-state index is 12.1. The van der Waals surface area contributed by atoms with Crippen molar-refractivity contribution in [3.63, 3.8) is 0 Å². The van der Waals surface area contributed by atoms with Gasteiger partial charge in [0.15, 0.2) is 5.13 Å². The summed E-state index contributed by atoms with van der Waals surface area (Å²) in [5.74, 6) is 0. The summed E-state index contributed by atoms with van der Waals surface area (Å²) < 4.78 is 26.6. The molecular weight excluding hydrogens is 308 g/mol. The predicted octanol–water partition coefficient (Wildman–Crippen LogP) is 2.52. The third-order valence-electron chi connectivity index (χ3n) is 2.81. The minimum Gasteiger partial charge on any atom is -0.399 e. The van der Waals surface area contributed by atoms with Crippen LogP contribution >= 0.6 is 11.3 Å². The molecule has 0 unspecified atom stereocenters. The number of sulfonamides is 1. The summed E-state index contributed by atoms with van der Waals surface area (Å²) in [5, 5.41) is 2.11. The highest BCUT2D eigenvalue weighted by molar-refractivity contribution is 7.93. The first-order valence-electron chi connectivity index (χ1n) is 6.02. The molecule has 2 aromatic heterocycles. The Morgan fingerprint density at radius 2 is 1.95 bits per heavy atom. The number of aromatic amines is 1. The zero-order valence-corrected chi connectivity index (χ0v) is 12.4. The average Bonchev–Trinajstić information content (AvgIpc) is 3.10. The van der Waals surface area contributed by atoms with Gasteiger partial charge in [0.05, 0.1) is 5.69 Å². The zero-order valence-electron chi connectivity index (χ0n) is 10.8. The van der Waals surface area contributed by atoms with E-state index >= 15 is 0 Å². The van der Waals surface area contributed by atoms with E-state index in [1.54, 1.807) is 23.7 Å². The Bertz CT molecular complexity index is 837. The normalized spacial score (nSPS) is 11.4. The summed E-state index contributed by atoms with van der Waals surface area (Å²) in [4.78, 5) is 7.17. The highest BCUT2D eigenvalue weighted by atomic mass is 32.2. The van der Waals surface area contributed by atoms with Crippen LogP contribution in [0.3, 0.4) is 0 Å². The summed E-state index contributed by atoms with van der Waals surface area (Å²) in [5.41, 5.74) is 7.89. The number of nitrogens with zero attached hydrogens (tertiary/aromatic N) is 1. The van der Waals surface area contributed by atoms with Crippen molar-refractivity contribution < 1.29 is 8.42 Å². The van der Waals surface area contributed by atoms with Crippen molar-refractivity contribution in [1.82, 2.24) is 9.97 Å². The van der Waals surface area contributed by atoms with E-state index in [-0.39, 0.29) is 4.90 Å². The quantitative estimate of drug-likeness (QED) is 0.643. The number of nitrogen functional groups attached to an aromatic ring is 1. The van der Waals surface area contributed by atoms with Gasteiger partial charge in [-0.2, -0.15) is 0 Å². The smallest absolute Gasteiger partial charge is 0.265 e. The number of H-pyrrole nitrogens is 1. The Kier molecular flexibility index (Phi) is 3.40. The van der Waals surface area contributed by atoms with Crippen molar-refractivity contribution in [1.29, 1.82) is 0 Å². The molecular formula is C13H12N4O2S2. The summed E-state index contributed by atoms with van der Waals surface area (Å²) in [6, 6.07) is 8.72. The van der Waals surface area contributed by atoms with E-state index in [0.717, 1.165) is 5.56 Å². The first-order chi connectivity index (χ1) is 10.0. The van der Waals surface area contributed by atoms with Gasteiger partial charge in [-0.1, -0.05) is 12.1 Å². The van der Waals surface area contributed by atoms with Gasteiger partial charge in [-0.3, -0.25) is 4.72 Å². The van der Waals surface area contributed by atoms with Crippen LogP contribution in [0.1, 0.15) is 0 Å². The molecule has 0 aliphatic heterocycles. The molecule has 8 heteroatoms. The molecule has 3 rings (SSSR count). The summed E-state index contributed by atoms with van der Waals surface area (Å²) in [6.07, 6.45) is 2.97. The topological polar surface area (TPSA) is 101 Å². The molecule has 0 saturated heterocycles. The van der Waals surface area contributed by atoms with Gasteiger partial charge in [-0.15, -0.1) is 11.3 Å².